The predicted octanol–water partition coefficient (Wildman–Crippen LogP) is 7.79. The number of hydrogen-bond acceptors (Lipinski definition) is 11. The van der Waals surface area contributed by atoms with Crippen LogP contribution in [0.15, 0.2) is 150 Å². The van der Waals surface area contributed by atoms with Crippen LogP contribution in [0.5, 0.6) is 17.5 Å². The molecule has 2 aromatic heterocycles. The SMILES string of the molecule is O=C(CN1CCC(c2ccc3c(c2)n(C2COC2)c(=O)n3-c2ccc(OCc3ccccc3)nc2OCc2ccccc2)CC1)Nc1ccc2c(F)c(N3CC(=O)NS3(=O)=O)c(OCc3ccccc3)cc2c1. The number of carbonyl (C=O) groups is 2. The summed E-state index contributed by atoms with van der Waals surface area (Å²) in [4.78, 5) is 47.2. The van der Waals surface area contributed by atoms with Crippen molar-refractivity contribution in [1.82, 2.24) is 23.7 Å². The number of piperidine rings is 1. The van der Waals surface area contributed by atoms with E-state index < -0.39 is 28.5 Å². The van der Waals surface area contributed by atoms with Gasteiger partial charge in [0.2, 0.25) is 17.7 Å². The number of halogens is 1. The number of amides is 2. The van der Waals surface area contributed by atoms with E-state index in [1.54, 1.807) is 22.8 Å². The third-order valence-electron chi connectivity index (χ3n) is 13.4. The average molecular weight is 1000 g/mol. The Labute approximate surface area is 419 Å². The lowest BCUT2D eigenvalue weighted by Gasteiger charge is -2.32. The number of benzene rings is 6. The molecule has 5 heterocycles. The lowest BCUT2D eigenvalue weighted by atomic mass is 9.89. The van der Waals surface area contributed by atoms with Gasteiger partial charge in [-0.1, -0.05) is 97.1 Å². The molecule has 0 atom stereocenters. The topological polar surface area (TPSA) is 176 Å². The van der Waals surface area contributed by atoms with E-state index in [0.29, 0.717) is 65.4 Å². The molecule has 3 fully saturated rings. The van der Waals surface area contributed by atoms with E-state index in [0.717, 1.165) is 40.6 Å². The maximum Gasteiger partial charge on any atom is 0.334 e. The van der Waals surface area contributed by atoms with Gasteiger partial charge in [-0.2, -0.15) is 13.4 Å². The van der Waals surface area contributed by atoms with Crippen LogP contribution >= 0.6 is 0 Å². The summed E-state index contributed by atoms with van der Waals surface area (Å²) in [6.07, 6.45) is 1.55. The van der Waals surface area contributed by atoms with E-state index in [9.17, 15) is 22.8 Å². The second-order valence-corrected chi connectivity index (χ2v) is 19.9. The monoisotopic (exact) mass is 1000 g/mol. The molecule has 6 aromatic carbocycles. The van der Waals surface area contributed by atoms with E-state index in [-0.39, 0.29) is 66.0 Å². The number of rotatable bonds is 16. The van der Waals surface area contributed by atoms with Gasteiger partial charge in [-0.25, -0.2) is 18.2 Å². The van der Waals surface area contributed by atoms with Crippen molar-refractivity contribution in [3.8, 4) is 23.2 Å². The van der Waals surface area contributed by atoms with E-state index in [1.807, 2.05) is 112 Å². The third kappa shape index (κ3) is 9.96. The molecule has 16 nitrogen and oxygen atoms in total. The summed E-state index contributed by atoms with van der Waals surface area (Å²) in [5.74, 6) is -1.22. The molecule has 0 radical (unpaired) electrons. The standard InChI is InChI=1S/C55H50FN7O9S/c56-52-44-18-17-42(26-41(44)28-48(70-31-36-10-4-1-5-11-36)53(52)61-30-50(65)59-73(61,67)68)57-49(64)29-60-24-22-39(23-25-60)40-16-19-45-47(27-40)62(43-34-69-35-43)55(66)63(45)46-20-21-51(71-32-37-12-6-2-7-13-37)58-54(46)72-33-38-14-8-3-9-15-38/h1-21,26-28,39,43H,22-25,29-35H2,(H,57,64)(H,59,65). The van der Waals surface area contributed by atoms with Crippen LogP contribution in [-0.2, 0) is 44.4 Å². The Kier molecular flexibility index (Phi) is 13.1. The number of pyridine rings is 1. The van der Waals surface area contributed by atoms with Gasteiger partial charge in [-0.3, -0.25) is 23.6 Å². The number of nitrogens with one attached hydrogen (secondary N) is 2. The van der Waals surface area contributed by atoms with Gasteiger partial charge in [-0.05, 0) is 102 Å². The zero-order valence-corrected chi connectivity index (χ0v) is 40.3. The molecule has 2 N–H and O–H groups in total. The minimum absolute atomic E-state index is 0.00651. The van der Waals surface area contributed by atoms with Gasteiger partial charge in [-0.15, -0.1) is 0 Å². The Morgan fingerprint density at radius 3 is 2.04 bits per heavy atom. The van der Waals surface area contributed by atoms with Crippen LogP contribution in [0.25, 0.3) is 27.5 Å². The number of likely N-dealkylation sites (tertiary alicyclic amines) is 1. The highest BCUT2D eigenvalue weighted by Gasteiger charge is 2.38. The normalized spacial score (nSPS) is 16.1. The Balaban J connectivity index is 0.797. The fourth-order valence-electron chi connectivity index (χ4n) is 9.64. The predicted molar refractivity (Wildman–Crippen MR) is 273 cm³/mol. The number of ether oxygens (including phenoxy) is 4. The molecule has 3 aliphatic rings. The quantitative estimate of drug-likeness (QED) is 0.0967. The molecule has 0 saturated carbocycles. The average Bonchev–Trinajstić information content (AvgIpc) is 3.83. The third-order valence-corrected chi connectivity index (χ3v) is 14.8. The maximum atomic E-state index is 16.4. The first-order valence-corrected chi connectivity index (χ1v) is 25.5. The zero-order chi connectivity index (χ0) is 50.1. The number of aromatic nitrogens is 3. The van der Waals surface area contributed by atoms with Gasteiger partial charge in [0.25, 0.3) is 5.91 Å². The molecule has 0 bridgehead atoms. The van der Waals surface area contributed by atoms with Gasteiger partial charge in [0.1, 0.15) is 43.5 Å². The lowest BCUT2D eigenvalue weighted by Crippen LogP contribution is -2.38. The first kappa shape index (κ1) is 47.3. The Morgan fingerprint density at radius 1 is 0.753 bits per heavy atom. The molecule has 0 spiro atoms. The molecule has 8 aromatic rings. The van der Waals surface area contributed by atoms with E-state index in [1.165, 1.54) is 12.1 Å². The van der Waals surface area contributed by atoms with Crippen LogP contribution in [0.3, 0.4) is 0 Å². The van der Waals surface area contributed by atoms with Gasteiger partial charge in [0, 0.05) is 17.1 Å². The van der Waals surface area contributed by atoms with Crippen molar-refractivity contribution >= 4 is 55.2 Å². The highest BCUT2D eigenvalue weighted by molar-refractivity contribution is 7.92. The van der Waals surface area contributed by atoms with E-state index >= 15 is 4.39 Å². The smallest absolute Gasteiger partial charge is 0.334 e. The Bertz CT molecular complexity index is 3530. The largest absolute Gasteiger partial charge is 0.487 e. The highest BCUT2D eigenvalue weighted by Crippen LogP contribution is 2.41. The van der Waals surface area contributed by atoms with Gasteiger partial charge < -0.3 is 24.3 Å². The van der Waals surface area contributed by atoms with Crippen molar-refractivity contribution in [2.45, 2.75) is 44.6 Å². The lowest BCUT2D eigenvalue weighted by molar-refractivity contribution is -0.118. The van der Waals surface area contributed by atoms with Gasteiger partial charge in [0.05, 0.1) is 36.8 Å². The highest BCUT2D eigenvalue weighted by atomic mass is 32.2. The molecule has 0 aliphatic carbocycles. The number of carbonyl (C=O) groups excluding carboxylic acids is 2. The summed E-state index contributed by atoms with van der Waals surface area (Å²) in [6, 6.07) is 44.4. The van der Waals surface area contributed by atoms with Crippen molar-refractivity contribution in [3.05, 3.63) is 184 Å². The van der Waals surface area contributed by atoms with E-state index in [2.05, 4.69) is 22.3 Å². The molecule has 2 amide bonds. The minimum atomic E-state index is -4.36. The van der Waals surface area contributed by atoms with Crippen LogP contribution in [0.2, 0.25) is 0 Å². The second kappa shape index (κ2) is 20.2. The van der Waals surface area contributed by atoms with Crippen LogP contribution in [0, 0.1) is 5.82 Å². The molecule has 372 valence electrons. The van der Waals surface area contributed by atoms with Crippen LogP contribution in [0.1, 0.15) is 47.1 Å². The fourth-order valence-corrected chi connectivity index (χ4v) is 10.8. The first-order chi connectivity index (χ1) is 35.5. The van der Waals surface area contributed by atoms with Crippen molar-refractivity contribution in [2.75, 3.05) is 49.0 Å². The summed E-state index contributed by atoms with van der Waals surface area (Å²) in [7, 11) is -4.36. The number of anilines is 2. The van der Waals surface area contributed by atoms with Gasteiger partial charge >= 0.3 is 15.9 Å². The van der Waals surface area contributed by atoms with Crippen LogP contribution < -0.4 is 34.2 Å². The summed E-state index contributed by atoms with van der Waals surface area (Å²) in [5, 5.41) is 3.38. The molecule has 11 rings (SSSR count). The molecular weight excluding hydrogens is 954 g/mol. The summed E-state index contributed by atoms with van der Waals surface area (Å²) >= 11 is 0. The zero-order valence-electron chi connectivity index (χ0n) is 39.5. The summed E-state index contributed by atoms with van der Waals surface area (Å²) in [6.45, 7) is 2.20. The van der Waals surface area contributed by atoms with Crippen molar-refractivity contribution in [1.29, 1.82) is 0 Å². The van der Waals surface area contributed by atoms with Crippen LogP contribution in [0.4, 0.5) is 15.8 Å². The first-order valence-electron chi connectivity index (χ1n) is 24.0. The maximum absolute atomic E-state index is 16.4. The minimum Gasteiger partial charge on any atom is -0.487 e. The van der Waals surface area contributed by atoms with Crippen molar-refractivity contribution < 1.29 is 41.3 Å². The van der Waals surface area contributed by atoms with Gasteiger partial charge in [0.15, 0.2) is 5.82 Å². The molecule has 18 heteroatoms. The summed E-state index contributed by atoms with van der Waals surface area (Å²) < 4.78 is 72.3. The Morgan fingerprint density at radius 2 is 1.41 bits per heavy atom. The van der Waals surface area contributed by atoms with Crippen molar-refractivity contribution in [3.63, 3.8) is 0 Å². The van der Waals surface area contributed by atoms with Crippen molar-refractivity contribution in [2.24, 2.45) is 0 Å². The van der Waals surface area contributed by atoms with E-state index in [4.69, 9.17) is 23.9 Å². The molecule has 3 saturated heterocycles. The fraction of sp³-hybridized carbons (Fsp3) is 0.236. The summed E-state index contributed by atoms with van der Waals surface area (Å²) in [5.41, 5.74) is 5.58. The number of imidazole rings is 1. The number of hydrogen-bond donors (Lipinski definition) is 2. The van der Waals surface area contributed by atoms with Crippen LogP contribution in [-0.4, -0.2) is 78.6 Å². The molecular formula is C55H50FN7O9S. The Hall–Kier alpha value is -8.06. The molecule has 0 unspecified atom stereocenters. The molecule has 73 heavy (non-hydrogen) atoms. The molecule has 3 aliphatic heterocycles. The number of nitrogens with zero attached hydrogens (tertiary/aromatic N) is 5. The second-order valence-electron chi connectivity index (χ2n) is 18.3. The number of fused-ring (bicyclic) bond motifs is 2.